The minimum absolute atomic E-state index is 0.0919. The van der Waals surface area contributed by atoms with Gasteiger partial charge in [-0.25, -0.2) is 0 Å². The lowest BCUT2D eigenvalue weighted by Crippen LogP contribution is -2.46. The fraction of sp³-hybridized carbons (Fsp3) is 0.308. The highest BCUT2D eigenvalue weighted by molar-refractivity contribution is 5.93. The summed E-state index contributed by atoms with van der Waals surface area (Å²) in [4.78, 5) is 22.1. The maximum atomic E-state index is 13.0. The van der Waals surface area contributed by atoms with Crippen LogP contribution < -0.4 is 15.0 Å². The van der Waals surface area contributed by atoms with Crippen LogP contribution in [0, 0.1) is 0 Å². The van der Waals surface area contributed by atoms with E-state index in [-0.39, 0.29) is 11.9 Å². The van der Waals surface area contributed by atoms with E-state index in [9.17, 15) is 4.79 Å². The number of piperazine rings is 1. The molecule has 5 rings (SSSR count). The van der Waals surface area contributed by atoms with Crippen molar-refractivity contribution in [1.82, 2.24) is 15.2 Å². The number of nitrogens with one attached hydrogen (secondary N) is 1. The summed E-state index contributed by atoms with van der Waals surface area (Å²) in [6.45, 7) is 4.56. The highest BCUT2D eigenvalue weighted by Gasteiger charge is 2.27. The van der Waals surface area contributed by atoms with E-state index in [0.29, 0.717) is 12.3 Å². The van der Waals surface area contributed by atoms with Gasteiger partial charge in [0.15, 0.2) is 0 Å². The van der Waals surface area contributed by atoms with E-state index >= 15 is 0 Å². The molecule has 32 heavy (non-hydrogen) atoms. The summed E-state index contributed by atoms with van der Waals surface area (Å²) < 4.78 is 6.05. The van der Waals surface area contributed by atoms with E-state index in [4.69, 9.17) is 4.74 Å². The number of nitrogens with zero attached hydrogens (tertiary/aromatic N) is 3. The van der Waals surface area contributed by atoms with Crippen LogP contribution in [0.1, 0.15) is 16.1 Å². The monoisotopic (exact) mass is 428 g/mol. The van der Waals surface area contributed by atoms with E-state index in [1.165, 1.54) is 11.3 Å². The molecule has 6 nitrogen and oxygen atoms in total. The molecule has 0 bridgehead atoms. The SMILES string of the molecule is CN1CCN(c2cccc3c2C[C@H](NC(=O)c2cc(-c4ccccc4)ccn2)CO3)CC1. The lowest BCUT2D eigenvalue weighted by atomic mass is 9.99. The largest absolute Gasteiger partial charge is 0.491 e. The van der Waals surface area contributed by atoms with Gasteiger partial charge < -0.3 is 19.9 Å². The summed E-state index contributed by atoms with van der Waals surface area (Å²) >= 11 is 0. The lowest BCUT2D eigenvalue weighted by molar-refractivity contribution is 0.0910. The van der Waals surface area contributed by atoms with Crippen LogP contribution >= 0.6 is 0 Å². The first-order valence-electron chi connectivity index (χ1n) is 11.2. The average molecular weight is 429 g/mol. The highest BCUT2D eigenvalue weighted by Crippen LogP contribution is 2.34. The van der Waals surface area contributed by atoms with Gasteiger partial charge in [0.2, 0.25) is 0 Å². The molecule has 0 spiro atoms. The number of carbonyl (C=O) groups excluding carboxylic acids is 1. The van der Waals surface area contributed by atoms with Gasteiger partial charge in [-0.1, -0.05) is 36.4 Å². The van der Waals surface area contributed by atoms with E-state index in [2.05, 4.69) is 39.3 Å². The summed E-state index contributed by atoms with van der Waals surface area (Å²) in [6, 6.07) is 20.0. The molecule has 164 valence electrons. The molecule has 2 aliphatic heterocycles. The molecule has 0 unspecified atom stereocenters. The second kappa shape index (κ2) is 9.01. The maximum Gasteiger partial charge on any atom is 0.270 e. The number of likely N-dealkylation sites (N-methyl/N-ethyl adjacent to an activating group) is 1. The van der Waals surface area contributed by atoms with Gasteiger partial charge in [0.05, 0.1) is 6.04 Å². The number of benzene rings is 2. The van der Waals surface area contributed by atoms with E-state index in [0.717, 1.165) is 49.5 Å². The minimum Gasteiger partial charge on any atom is -0.491 e. The Morgan fingerprint density at radius 2 is 1.81 bits per heavy atom. The predicted molar refractivity (Wildman–Crippen MR) is 126 cm³/mol. The van der Waals surface area contributed by atoms with Crippen molar-refractivity contribution in [1.29, 1.82) is 0 Å². The van der Waals surface area contributed by atoms with Crippen LogP contribution in [0.4, 0.5) is 5.69 Å². The zero-order chi connectivity index (χ0) is 21.9. The molecule has 1 amide bonds. The number of hydrogen-bond donors (Lipinski definition) is 1. The fourth-order valence-corrected chi connectivity index (χ4v) is 4.45. The van der Waals surface area contributed by atoms with Crippen LogP contribution in [0.25, 0.3) is 11.1 Å². The molecule has 3 aromatic rings. The van der Waals surface area contributed by atoms with Gasteiger partial charge in [0.1, 0.15) is 18.1 Å². The van der Waals surface area contributed by atoms with Crippen molar-refractivity contribution in [2.75, 3.05) is 44.7 Å². The number of amides is 1. The van der Waals surface area contributed by atoms with Crippen LogP contribution in [-0.4, -0.2) is 61.7 Å². The number of hydrogen-bond acceptors (Lipinski definition) is 5. The Morgan fingerprint density at radius 3 is 2.62 bits per heavy atom. The molecule has 2 aliphatic rings. The van der Waals surface area contributed by atoms with Crippen molar-refractivity contribution in [3.8, 4) is 16.9 Å². The molecule has 0 saturated carbocycles. The van der Waals surface area contributed by atoms with E-state index < -0.39 is 0 Å². The molecule has 0 radical (unpaired) electrons. The summed E-state index contributed by atoms with van der Waals surface area (Å²) in [5, 5.41) is 3.14. The Labute approximate surface area is 188 Å². The normalized spacial score (nSPS) is 18.5. The van der Waals surface area contributed by atoms with Gasteiger partial charge >= 0.3 is 0 Å². The number of anilines is 1. The zero-order valence-corrected chi connectivity index (χ0v) is 18.3. The first-order chi connectivity index (χ1) is 15.7. The number of pyridine rings is 1. The first-order valence-corrected chi connectivity index (χ1v) is 11.2. The number of carbonyl (C=O) groups is 1. The van der Waals surface area contributed by atoms with Gasteiger partial charge in [-0.3, -0.25) is 9.78 Å². The molecule has 1 fully saturated rings. The Balaban J connectivity index is 1.31. The van der Waals surface area contributed by atoms with Crippen molar-refractivity contribution < 1.29 is 9.53 Å². The van der Waals surface area contributed by atoms with Crippen molar-refractivity contribution in [3.63, 3.8) is 0 Å². The van der Waals surface area contributed by atoms with E-state index in [1.54, 1.807) is 6.20 Å². The van der Waals surface area contributed by atoms with Gasteiger partial charge in [-0.05, 0) is 42.4 Å². The van der Waals surface area contributed by atoms with Crippen molar-refractivity contribution in [2.45, 2.75) is 12.5 Å². The smallest absolute Gasteiger partial charge is 0.270 e. The van der Waals surface area contributed by atoms with Crippen molar-refractivity contribution in [3.05, 3.63) is 78.1 Å². The molecule has 1 aromatic heterocycles. The van der Waals surface area contributed by atoms with Crippen LogP contribution in [-0.2, 0) is 6.42 Å². The molecule has 1 N–H and O–H groups in total. The zero-order valence-electron chi connectivity index (χ0n) is 18.3. The Bertz CT molecular complexity index is 1090. The van der Waals surface area contributed by atoms with Crippen LogP contribution in [0.5, 0.6) is 5.75 Å². The highest BCUT2D eigenvalue weighted by atomic mass is 16.5. The summed E-state index contributed by atoms with van der Waals surface area (Å²) in [6.07, 6.45) is 2.44. The van der Waals surface area contributed by atoms with Gasteiger partial charge in [0, 0.05) is 50.0 Å². The molecule has 2 aromatic carbocycles. The standard InChI is InChI=1S/C26H28N4O2/c1-29-12-14-30(15-13-29)24-8-5-9-25-22(24)17-21(18-32-25)28-26(31)23-16-20(10-11-27-23)19-6-3-2-4-7-19/h2-11,16,21H,12-15,17-18H2,1H3,(H,28,31)/t21-/m0/s1. The molecular formula is C26H28N4O2. The third-order valence-electron chi connectivity index (χ3n) is 6.28. The second-order valence-electron chi connectivity index (χ2n) is 8.53. The van der Waals surface area contributed by atoms with Gasteiger partial charge in [0.25, 0.3) is 5.91 Å². The van der Waals surface area contributed by atoms with Crippen LogP contribution in [0.15, 0.2) is 66.9 Å². The summed E-state index contributed by atoms with van der Waals surface area (Å²) in [5.41, 5.74) is 4.87. The van der Waals surface area contributed by atoms with Crippen molar-refractivity contribution >= 4 is 11.6 Å². The Kier molecular flexibility index (Phi) is 5.77. The number of fused-ring (bicyclic) bond motifs is 1. The third-order valence-corrected chi connectivity index (χ3v) is 6.28. The summed E-state index contributed by atoms with van der Waals surface area (Å²) in [5.74, 6) is 0.757. The van der Waals surface area contributed by atoms with Crippen LogP contribution in [0.3, 0.4) is 0 Å². The number of rotatable bonds is 4. The molecule has 3 heterocycles. The quantitative estimate of drug-likeness (QED) is 0.692. The maximum absolute atomic E-state index is 13.0. The molecular weight excluding hydrogens is 400 g/mol. The topological polar surface area (TPSA) is 57.7 Å². The fourth-order valence-electron chi connectivity index (χ4n) is 4.45. The number of aromatic nitrogens is 1. The summed E-state index contributed by atoms with van der Waals surface area (Å²) in [7, 11) is 2.16. The van der Waals surface area contributed by atoms with Crippen LogP contribution in [0.2, 0.25) is 0 Å². The second-order valence-corrected chi connectivity index (χ2v) is 8.53. The Hall–Kier alpha value is -3.38. The van der Waals surface area contributed by atoms with Gasteiger partial charge in [-0.15, -0.1) is 0 Å². The minimum atomic E-state index is -0.170. The predicted octanol–water partition coefficient (Wildman–Crippen LogP) is 3.23. The third kappa shape index (κ3) is 4.32. The number of ether oxygens (including phenoxy) is 1. The molecule has 1 saturated heterocycles. The average Bonchev–Trinajstić information content (AvgIpc) is 2.85. The molecule has 6 heteroatoms. The molecule has 0 aliphatic carbocycles. The van der Waals surface area contributed by atoms with E-state index in [1.807, 2.05) is 48.5 Å². The van der Waals surface area contributed by atoms with Gasteiger partial charge in [-0.2, -0.15) is 0 Å². The lowest BCUT2D eigenvalue weighted by Gasteiger charge is -2.37. The van der Waals surface area contributed by atoms with Crippen molar-refractivity contribution in [2.24, 2.45) is 0 Å². The first kappa shape index (κ1) is 20.5. The Morgan fingerprint density at radius 1 is 1.00 bits per heavy atom. The molecule has 1 atom stereocenters.